The number of hydrogen-bond donors (Lipinski definition) is 1. The van der Waals surface area contributed by atoms with Gasteiger partial charge in [-0.3, -0.25) is 9.59 Å². The number of rotatable bonds is 4. The maximum Gasteiger partial charge on any atom is 0.228 e. The minimum absolute atomic E-state index is 0.0309. The van der Waals surface area contributed by atoms with E-state index >= 15 is 0 Å². The Morgan fingerprint density at radius 3 is 2.48 bits per heavy atom. The van der Waals surface area contributed by atoms with E-state index in [0.717, 1.165) is 29.8 Å². The van der Waals surface area contributed by atoms with Crippen molar-refractivity contribution < 1.29 is 9.59 Å². The molecule has 0 aromatic carbocycles. The first-order valence-corrected chi connectivity index (χ1v) is 9.57. The van der Waals surface area contributed by atoms with Crippen molar-refractivity contribution in [1.29, 1.82) is 0 Å². The van der Waals surface area contributed by atoms with Gasteiger partial charge in [-0.15, -0.1) is 0 Å². The average molecular weight is 371 g/mol. The SMILES string of the molecule is CC(C)=CCN1C(=O)[C@H]2CC[C@@H]1CN(C(=O)Cc1c(C)nc(N)nc1C)C2. The van der Waals surface area contributed by atoms with Gasteiger partial charge in [0.25, 0.3) is 0 Å². The Kier molecular flexibility index (Phi) is 5.48. The first kappa shape index (κ1) is 19.3. The second-order valence-electron chi connectivity index (χ2n) is 7.91. The lowest BCUT2D eigenvalue weighted by Gasteiger charge is -2.35. The fraction of sp³-hybridized carbons (Fsp3) is 0.600. The minimum atomic E-state index is -0.0943. The zero-order valence-corrected chi connectivity index (χ0v) is 16.7. The van der Waals surface area contributed by atoms with Crippen molar-refractivity contribution in [2.24, 2.45) is 5.92 Å². The lowest BCUT2D eigenvalue weighted by Crippen LogP contribution is -2.48. The fourth-order valence-corrected chi connectivity index (χ4v) is 4.05. The Morgan fingerprint density at radius 2 is 1.85 bits per heavy atom. The summed E-state index contributed by atoms with van der Waals surface area (Å²) < 4.78 is 0. The molecular formula is C20H29N5O2. The largest absolute Gasteiger partial charge is 0.368 e. The minimum Gasteiger partial charge on any atom is -0.368 e. The molecule has 0 saturated carbocycles. The molecule has 2 atom stereocenters. The third kappa shape index (κ3) is 4.12. The number of fused-ring (bicyclic) bond motifs is 4. The van der Waals surface area contributed by atoms with Crippen molar-refractivity contribution in [1.82, 2.24) is 19.8 Å². The van der Waals surface area contributed by atoms with E-state index in [0.29, 0.717) is 19.6 Å². The van der Waals surface area contributed by atoms with Crippen LogP contribution in [0.5, 0.6) is 0 Å². The summed E-state index contributed by atoms with van der Waals surface area (Å²) in [5.41, 5.74) is 9.20. The number of amides is 2. The summed E-state index contributed by atoms with van der Waals surface area (Å²) in [4.78, 5) is 38.0. The lowest BCUT2D eigenvalue weighted by molar-refractivity contribution is -0.139. The zero-order valence-electron chi connectivity index (χ0n) is 16.7. The number of allylic oxidation sites excluding steroid dienone is 1. The molecule has 4 heterocycles. The molecule has 0 spiro atoms. The second kappa shape index (κ2) is 7.66. The molecule has 0 aliphatic carbocycles. The molecule has 27 heavy (non-hydrogen) atoms. The highest BCUT2D eigenvalue weighted by atomic mass is 16.2. The van der Waals surface area contributed by atoms with Crippen molar-refractivity contribution in [3.63, 3.8) is 0 Å². The molecule has 146 valence electrons. The third-order valence-electron chi connectivity index (χ3n) is 5.61. The van der Waals surface area contributed by atoms with E-state index in [2.05, 4.69) is 16.0 Å². The smallest absolute Gasteiger partial charge is 0.228 e. The Labute approximate surface area is 160 Å². The van der Waals surface area contributed by atoms with Crippen LogP contribution in [-0.2, 0) is 16.0 Å². The number of nitrogen functional groups attached to an aromatic ring is 1. The van der Waals surface area contributed by atoms with Gasteiger partial charge in [0.2, 0.25) is 17.8 Å². The van der Waals surface area contributed by atoms with Gasteiger partial charge in [0.15, 0.2) is 0 Å². The summed E-state index contributed by atoms with van der Waals surface area (Å²) in [6.07, 6.45) is 4.16. The third-order valence-corrected chi connectivity index (χ3v) is 5.61. The number of anilines is 1. The van der Waals surface area contributed by atoms with Gasteiger partial charge in [-0.2, -0.15) is 0 Å². The van der Waals surface area contributed by atoms with Gasteiger partial charge in [0.05, 0.1) is 12.3 Å². The van der Waals surface area contributed by atoms with Crippen LogP contribution in [0.1, 0.15) is 43.6 Å². The zero-order chi connectivity index (χ0) is 19.7. The Balaban J connectivity index is 1.76. The van der Waals surface area contributed by atoms with E-state index in [1.54, 1.807) is 0 Å². The van der Waals surface area contributed by atoms with Gasteiger partial charge >= 0.3 is 0 Å². The summed E-state index contributed by atoms with van der Waals surface area (Å²) in [7, 11) is 0. The molecule has 4 rings (SSSR count). The van der Waals surface area contributed by atoms with E-state index < -0.39 is 0 Å². The van der Waals surface area contributed by atoms with Crippen molar-refractivity contribution in [3.05, 3.63) is 28.6 Å². The van der Waals surface area contributed by atoms with Crippen LogP contribution < -0.4 is 5.73 Å². The number of aromatic nitrogens is 2. The Morgan fingerprint density at radius 1 is 1.19 bits per heavy atom. The number of carbonyl (C=O) groups excluding carboxylic acids is 2. The van der Waals surface area contributed by atoms with Gasteiger partial charge in [-0.05, 0) is 40.5 Å². The predicted molar refractivity (Wildman–Crippen MR) is 104 cm³/mol. The van der Waals surface area contributed by atoms with Crippen LogP contribution in [0.25, 0.3) is 0 Å². The molecule has 2 amide bonds. The standard InChI is InChI=1S/C20H29N5O2/c1-12(2)7-8-25-16-6-5-15(19(25)27)10-24(11-16)18(26)9-17-13(3)22-20(21)23-14(17)4/h7,15-16H,5-6,8-11H2,1-4H3,(H2,21,22,23)/t15-,16+/m0/s1. The van der Waals surface area contributed by atoms with E-state index in [-0.39, 0.29) is 36.1 Å². The van der Waals surface area contributed by atoms with E-state index in [9.17, 15) is 9.59 Å². The molecule has 1 aromatic heterocycles. The number of aryl methyl sites for hydroxylation is 2. The highest BCUT2D eigenvalue weighted by Crippen LogP contribution is 2.29. The maximum atomic E-state index is 13.0. The van der Waals surface area contributed by atoms with Crippen molar-refractivity contribution in [2.75, 3.05) is 25.4 Å². The van der Waals surface area contributed by atoms with Gasteiger partial charge in [0.1, 0.15) is 0 Å². The summed E-state index contributed by atoms with van der Waals surface area (Å²) >= 11 is 0. The van der Waals surface area contributed by atoms with E-state index in [4.69, 9.17) is 5.73 Å². The number of piperidine rings is 1. The molecule has 0 radical (unpaired) electrons. The van der Waals surface area contributed by atoms with Crippen molar-refractivity contribution in [2.45, 2.75) is 53.0 Å². The first-order valence-electron chi connectivity index (χ1n) is 9.57. The molecule has 3 aliphatic rings. The van der Waals surface area contributed by atoms with Crippen LogP contribution in [0.4, 0.5) is 5.95 Å². The molecule has 3 saturated heterocycles. The lowest BCUT2D eigenvalue weighted by atomic mass is 9.94. The van der Waals surface area contributed by atoms with Crippen LogP contribution in [0.2, 0.25) is 0 Å². The summed E-state index contributed by atoms with van der Waals surface area (Å²) in [5.74, 6) is 0.350. The molecule has 2 bridgehead atoms. The Hall–Kier alpha value is -2.44. The molecule has 2 N–H and O–H groups in total. The van der Waals surface area contributed by atoms with Crippen LogP contribution in [0, 0.1) is 19.8 Å². The summed E-state index contributed by atoms with van der Waals surface area (Å²) in [5, 5.41) is 0. The molecule has 3 fully saturated rings. The first-order chi connectivity index (χ1) is 12.8. The highest BCUT2D eigenvalue weighted by molar-refractivity contribution is 5.84. The van der Waals surface area contributed by atoms with Crippen molar-refractivity contribution in [3.8, 4) is 0 Å². The second-order valence-corrected chi connectivity index (χ2v) is 7.91. The van der Waals surface area contributed by atoms with Crippen LogP contribution in [0.3, 0.4) is 0 Å². The summed E-state index contributed by atoms with van der Waals surface area (Å²) in [6, 6.07) is 0.0978. The molecule has 7 heteroatoms. The van der Waals surface area contributed by atoms with Gasteiger partial charge < -0.3 is 15.5 Å². The van der Waals surface area contributed by atoms with Crippen LogP contribution in [-0.4, -0.2) is 57.3 Å². The molecule has 1 aromatic rings. The number of hydrogen-bond acceptors (Lipinski definition) is 5. The maximum absolute atomic E-state index is 13.0. The number of nitrogens with two attached hydrogens (primary N) is 1. The van der Waals surface area contributed by atoms with Crippen LogP contribution >= 0.6 is 0 Å². The van der Waals surface area contributed by atoms with Crippen LogP contribution in [0.15, 0.2) is 11.6 Å². The molecule has 7 nitrogen and oxygen atoms in total. The van der Waals surface area contributed by atoms with E-state index in [1.807, 2.05) is 37.5 Å². The van der Waals surface area contributed by atoms with E-state index in [1.165, 1.54) is 5.57 Å². The number of carbonyl (C=O) groups is 2. The predicted octanol–water partition coefficient (Wildman–Crippen LogP) is 1.63. The molecule has 0 unspecified atom stereocenters. The Bertz CT molecular complexity index is 762. The van der Waals surface area contributed by atoms with Crippen molar-refractivity contribution >= 4 is 17.8 Å². The molecule has 3 aliphatic heterocycles. The summed E-state index contributed by atoms with van der Waals surface area (Å²) in [6.45, 7) is 9.52. The quantitative estimate of drug-likeness (QED) is 0.812. The van der Waals surface area contributed by atoms with Gasteiger partial charge in [-0.25, -0.2) is 9.97 Å². The number of nitrogens with zero attached hydrogens (tertiary/aromatic N) is 4. The highest BCUT2D eigenvalue weighted by Gasteiger charge is 2.41. The fourth-order valence-electron chi connectivity index (χ4n) is 4.05. The van der Waals surface area contributed by atoms with Gasteiger partial charge in [0, 0.05) is 42.6 Å². The normalized spacial score (nSPS) is 22.0. The molecular weight excluding hydrogens is 342 g/mol. The monoisotopic (exact) mass is 371 g/mol. The van der Waals surface area contributed by atoms with Gasteiger partial charge in [-0.1, -0.05) is 11.6 Å². The topological polar surface area (TPSA) is 92.4 Å². The average Bonchev–Trinajstić information content (AvgIpc) is 2.87.